The van der Waals surface area contributed by atoms with E-state index in [9.17, 15) is 0 Å². The summed E-state index contributed by atoms with van der Waals surface area (Å²) in [6.45, 7) is 0. The van der Waals surface area contributed by atoms with Crippen LogP contribution in [0.1, 0.15) is 111 Å². The largest absolute Gasteiger partial charge is 0.0622 e. The van der Waals surface area contributed by atoms with Gasteiger partial charge in [0.15, 0.2) is 0 Å². The Hall–Kier alpha value is -11.7. The van der Waals surface area contributed by atoms with Gasteiger partial charge in [-0.15, -0.1) is 0 Å². The molecule has 13 aromatic rings. The number of benzene rings is 13. The molecule has 94 heavy (non-hydrogen) atoms. The molecule has 0 bridgehead atoms. The van der Waals surface area contributed by atoms with E-state index in [1.165, 1.54) is 111 Å². The molecular formula is C94H74. The highest BCUT2D eigenvalue weighted by Gasteiger charge is 2.13. The van der Waals surface area contributed by atoms with Gasteiger partial charge in [-0.25, -0.2) is 0 Å². The Bertz CT molecular complexity index is 4260. The summed E-state index contributed by atoms with van der Waals surface area (Å²) in [4.78, 5) is 0. The molecule has 0 amide bonds. The molecule has 0 saturated heterocycles. The predicted octanol–water partition coefficient (Wildman–Crippen LogP) is 24.0. The highest BCUT2D eigenvalue weighted by Crippen LogP contribution is 2.33. The molecule has 13 aromatic carbocycles. The minimum atomic E-state index is 0.881. The van der Waals surface area contributed by atoms with Crippen molar-refractivity contribution in [3.63, 3.8) is 0 Å². The van der Waals surface area contributed by atoms with Crippen molar-refractivity contribution in [2.75, 3.05) is 0 Å². The summed E-state index contributed by atoms with van der Waals surface area (Å²) in [7, 11) is 0. The first-order valence-corrected chi connectivity index (χ1v) is 32.8. The van der Waals surface area contributed by atoms with Gasteiger partial charge in [0, 0.05) is 0 Å². The van der Waals surface area contributed by atoms with Crippen molar-refractivity contribution >= 4 is 70.9 Å². The average molecular weight is 1200 g/mol. The Morgan fingerprint density at radius 3 is 0.606 bits per heavy atom. The van der Waals surface area contributed by atoms with Crippen LogP contribution in [0.2, 0.25) is 0 Å². The van der Waals surface area contributed by atoms with E-state index in [2.05, 4.69) is 400 Å². The molecule has 0 N–H and O–H groups in total. The van der Waals surface area contributed by atoms with Crippen LogP contribution in [0.25, 0.3) is 70.9 Å². The van der Waals surface area contributed by atoms with Gasteiger partial charge in [-0.2, -0.15) is 0 Å². The summed E-state index contributed by atoms with van der Waals surface area (Å²) >= 11 is 0. The third kappa shape index (κ3) is 16.2. The third-order valence-electron chi connectivity index (χ3n) is 17.4. The molecule has 0 atom stereocenters. The second-order valence-corrected chi connectivity index (χ2v) is 23.9. The monoisotopic (exact) mass is 1200 g/mol. The van der Waals surface area contributed by atoms with Crippen molar-refractivity contribution in [3.8, 4) is 0 Å². The van der Waals surface area contributed by atoms with Crippen LogP contribution >= 0.6 is 0 Å². The minimum absolute atomic E-state index is 0.881. The molecule has 0 nitrogen and oxygen atoms in total. The quantitative estimate of drug-likeness (QED) is 0.0593. The molecule has 0 fully saturated rings. The molecular weight excluding hydrogens is 1130 g/mol. The van der Waals surface area contributed by atoms with Crippen LogP contribution in [0, 0.1) is 0 Å². The minimum Gasteiger partial charge on any atom is -0.0622 e. The first kappa shape index (κ1) is 61.2. The average Bonchev–Trinajstić information content (AvgIpc) is 2.29. The van der Waals surface area contributed by atoms with E-state index in [1.807, 2.05) is 0 Å². The SMILES string of the molecule is C(=C(c1ccccc1)c1ccccc1)c1ccc(/C=C/c2cc(/C=C/c3ccc(C=C(c4ccccc4)c4ccccc4)cc3)c(CCc3ccc(C=C(c4ccccc4)c4ccccc4)cc3)cc2CCc2ccc(C=C(c3ccccc3)c3ccccc3)cc2)cc1. The zero-order valence-corrected chi connectivity index (χ0v) is 52.9. The Kier molecular flexibility index (Phi) is 20.1. The van der Waals surface area contributed by atoms with E-state index >= 15 is 0 Å². The maximum Gasteiger partial charge on any atom is -0.0105 e. The van der Waals surface area contributed by atoms with Gasteiger partial charge in [-0.1, -0.05) is 370 Å². The standard InChI is InChI=1S/C94H74/c1-9-25-79(26-10-1)91(80-27-11-2-12-28-80)65-75-49-41-71(42-50-75)57-61-87-69-89(63-59-73-45-53-77(54-46-73)67-93(83-33-17-5-18-34-83)84-35-19-6-20-36-84)90(64-60-74-47-55-78(56-48-74)68-94(85-37-21-7-22-38-85)86-39-23-8-24-40-86)70-88(87)62-58-72-43-51-76(52-44-72)66-92(81-29-13-3-14-30-81)82-31-15-4-16-32-82/h1-57,59,61,63,65-70H,58,60,62,64H2/b61-57+,63-59+. The lowest BCUT2D eigenvalue weighted by atomic mass is 9.90. The van der Waals surface area contributed by atoms with Crippen molar-refractivity contribution < 1.29 is 0 Å². The van der Waals surface area contributed by atoms with Crippen molar-refractivity contribution in [2.45, 2.75) is 25.7 Å². The van der Waals surface area contributed by atoms with E-state index < -0.39 is 0 Å². The zero-order valence-electron chi connectivity index (χ0n) is 52.9. The Labute approximate surface area is 556 Å². The number of hydrogen-bond acceptors (Lipinski definition) is 0. The van der Waals surface area contributed by atoms with Crippen LogP contribution in [0.3, 0.4) is 0 Å². The van der Waals surface area contributed by atoms with Gasteiger partial charge in [0.25, 0.3) is 0 Å². The molecule has 450 valence electrons. The summed E-state index contributed by atoms with van der Waals surface area (Å²) in [5, 5.41) is 0. The van der Waals surface area contributed by atoms with Gasteiger partial charge in [-0.05, 0) is 190 Å². The van der Waals surface area contributed by atoms with E-state index in [4.69, 9.17) is 0 Å². The Balaban J connectivity index is 0.848. The number of aryl methyl sites for hydroxylation is 4. The summed E-state index contributed by atoms with van der Waals surface area (Å²) < 4.78 is 0. The smallest absolute Gasteiger partial charge is 0.0105 e. The zero-order chi connectivity index (χ0) is 63.4. The predicted molar refractivity (Wildman–Crippen MR) is 404 cm³/mol. The van der Waals surface area contributed by atoms with E-state index in [0.717, 1.165) is 47.9 Å². The maximum atomic E-state index is 2.51. The molecule has 0 aliphatic carbocycles. The second-order valence-electron chi connectivity index (χ2n) is 23.9. The normalized spacial score (nSPS) is 11.1. The first-order valence-electron chi connectivity index (χ1n) is 32.8. The van der Waals surface area contributed by atoms with Crippen LogP contribution in [0.4, 0.5) is 0 Å². The fourth-order valence-corrected chi connectivity index (χ4v) is 12.3. The summed E-state index contributed by atoms with van der Waals surface area (Å²) in [6, 6.07) is 127. The van der Waals surface area contributed by atoms with Gasteiger partial charge in [0.1, 0.15) is 0 Å². The first-order chi connectivity index (χ1) is 46.6. The van der Waals surface area contributed by atoms with Gasteiger partial charge < -0.3 is 0 Å². The molecule has 0 aliphatic rings. The van der Waals surface area contributed by atoms with Crippen LogP contribution < -0.4 is 0 Å². The van der Waals surface area contributed by atoms with Crippen LogP contribution in [0.5, 0.6) is 0 Å². The van der Waals surface area contributed by atoms with Crippen molar-refractivity contribution in [1.29, 1.82) is 0 Å². The van der Waals surface area contributed by atoms with Crippen LogP contribution in [-0.2, 0) is 25.7 Å². The van der Waals surface area contributed by atoms with Gasteiger partial charge in [0.2, 0.25) is 0 Å². The molecule has 0 heteroatoms. The van der Waals surface area contributed by atoms with Crippen molar-refractivity contribution in [1.82, 2.24) is 0 Å². The highest BCUT2D eigenvalue weighted by atomic mass is 14.2. The number of hydrogen-bond donors (Lipinski definition) is 0. The second kappa shape index (κ2) is 30.9. The van der Waals surface area contributed by atoms with Crippen LogP contribution in [0.15, 0.2) is 352 Å². The summed E-state index contributed by atoms with van der Waals surface area (Å²) in [5.74, 6) is 0. The van der Waals surface area contributed by atoms with Gasteiger partial charge in [-0.3, -0.25) is 0 Å². The van der Waals surface area contributed by atoms with E-state index in [-0.39, 0.29) is 0 Å². The fraction of sp³-hybridized carbons (Fsp3) is 0.0426. The lowest BCUT2D eigenvalue weighted by Crippen LogP contribution is -2.01. The topological polar surface area (TPSA) is 0 Å². The number of rotatable bonds is 22. The lowest BCUT2D eigenvalue weighted by molar-refractivity contribution is 0.926. The van der Waals surface area contributed by atoms with Crippen molar-refractivity contribution in [3.05, 3.63) is 463 Å². The highest BCUT2D eigenvalue weighted by molar-refractivity contribution is 5.95. The molecule has 13 rings (SSSR count). The fourth-order valence-electron chi connectivity index (χ4n) is 12.3. The molecule has 0 aromatic heterocycles. The Morgan fingerprint density at radius 1 is 0.181 bits per heavy atom. The van der Waals surface area contributed by atoms with Crippen LogP contribution in [-0.4, -0.2) is 0 Å². The maximum absolute atomic E-state index is 2.51. The van der Waals surface area contributed by atoms with Gasteiger partial charge >= 0.3 is 0 Å². The summed E-state index contributed by atoms with van der Waals surface area (Å²) in [5.41, 5.74) is 29.1. The van der Waals surface area contributed by atoms with Gasteiger partial charge in [0.05, 0.1) is 0 Å². The lowest BCUT2D eigenvalue weighted by Gasteiger charge is -2.15. The van der Waals surface area contributed by atoms with E-state index in [0.29, 0.717) is 0 Å². The van der Waals surface area contributed by atoms with Crippen molar-refractivity contribution in [2.24, 2.45) is 0 Å². The molecule has 0 radical (unpaired) electrons. The van der Waals surface area contributed by atoms with E-state index in [1.54, 1.807) is 0 Å². The molecule has 0 unspecified atom stereocenters. The molecule has 0 saturated carbocycles. The Morgan fingerprint density at radius 2 is 0.383 bits per heavy atom. The molecule has 0 aliphatic heterocycles. The molecule has 0 heterocycles. The third-order valence-corrected chi connectivity index (χ3v) is 17.4. The molecule has 0 spiro atoms. The summed E-state index contributed by atoms with van der Waals surface area (Å²) in [6.07, 6.45) is 22.1.